The molecule has 0 heteroatoms. The standard InChI is InChI=1S/C19H30/c1-18(11-7-12-18)16-19(13-4-5-14-19)15-6-10-17-8-2-3-9-17/h4,6,13,15,17H,2-3,5,7-12,14,16H2,1H3/b15-6-. The topological polar surface area (TPSA) is 0 Å². The third kappa shape index (κ3) is 3.15. The number of rotatable bonds is 5. The SMILES string of the molecule is CC1(CC2(/C=C\CC3CCCC3)C=CCC2)CCC1. The molecular weight excluding hydrogens is 228 g/mol. The van der Waals surface area contributed by atoms with Crippen LogP contribution in [0.4, 0.5) is 0 Å². The van der Waals surface area contributed by atoms with Gasteiger partial charge in [0.05, 0.1) is 0 Å². The van der Waals surface area contributed by atoms with E-state index in [0.717, 1.165) is 5.92 Å². The van der Waals surface area contributed by atoms with Gasteiger partial charge in [0.25, 0.3) is 0 Å². The number of allylic oxidation sites excluding steroid dienone is 4. The van der Waals surface area contributed by atoms with Crippen LogP contribution in [0.15, 0.2) is 24.3 Å². The minimum absolute atomic E-state index is 0.424. The van der Waals surface area contributed by atoms with Crippen LogP contribution in [0.3, 0.4) is 0 Å². The number of hydrogen-bond acceptors (Lipinski definition) is 0. The Morgan fingerprint density at radius 1 is 1.11 bits per heavy atom. The van der Waals surface area contributed by atoms with Crippen LogP contribution in [-0.2, 0) is 0 Å². The summed E-state index contributed by atoms with van der Waals surface area (Å²) in [5, 5.41) is 0. The molecule has 0 heterocycles. The molecule has 0 spiro atoms. The Balaban J connectivity index is 1.59. The van der Waals surface area contributed by atoms with E-state index < -0.39 is 0 Å². The highest BCUT2D eigenvalue weighted by atomic mass is 14.4. The molecule has 1 unspecified atom stereocenters. The molecule has 0 amide bonds. The van der Waals surface area contributed by atoms with Gasteiger partial charge in [-0.1, -0.05) is 63.3 Å². The second kappa shape index (κ2) is 5.46. The van der Waals surface area contributed by atoms with Gasteiger partial charge in [0, 0.05) is 5.41 Å². The van der Waals surface area contributed by atoms with Crippen molar-refractivity contribution in [2.24, 2.45) is 16.7 Å². The van der Waals surface area contributed by atoms with Crippen LogP contribution in [0.2, 0.25) is 0 Å². The van der Waals surface area contributed by atoms with E-state index in [1.807, 2.05) is 0 Å². The third-order valence-electron chi connectivity index (χ3n) is 5.94. The average molecular weight is 258 g/mol. The second-order valence-electron chi connectivity index (χ2n) is 7.80. The van der Waals surface area contributed by atoms with Crippen LogP contribution >= 0.6 is 0 Å². The van der Waals surface area contributed by atoms with Gasteiger partial charge in [-0.25, -0.2) is 0 Å². The van der Waals surface area contributed by atoms with E-state index in [9.17, 15) is 0 Å². The number of hydrogen-bond donors (Lipinski definition) is 0. The molecule has 3 aliphatic rings. The van der Waals surface area contributed by atoms with Crippen LogP contribution in [0.1, 0.15) is 77.6 Å². The van der Waals surface area contributed by atoms with Crippen molar-refractivity contribution in [2.75, 3.05) is 0 Å². The Kier molecular flexibility index (Phi) is 3.87. The lowest BCUT2D eigenvalue weighted by atomic mass is 9.61. The first-order valence-corrected chi connectivity index (χ1v) is 8.55. The average Bonchev–Trinajstić information content (AvgIpc) is 2.99. The molecule has 3 aliphatic carbocycles. The molecule has 106 valence electrons. The molecule has 0 aliphatic heterocycles. The van der Waals surface area contributed by atoms with Gasteiger partial charge in [-0.05, 0) is 49.9 Å². The molecule has 0 bridgehead atoms. The van der Waals surface area contributed by atoms with E-state index in [2.05, 4.69) is 31.2 Å². The van der Waals surface area contributed by atoms with E-state index in [1.54, 1.807) is 0 Å². The zero-order valence-electron chi connectivity index (χ0n) is 12.7. The van der Waals surface area contributed by atoms with Gasteiger partial charge < -0.3 is 0 Å². The van der Waals surface area contributed by atoms with Crippen molar-refractivity contribution < 1.29 is 0 Å². The van der Waals surface area contributed by atoms with Crippen LogP contribution < -0.4 is 0 Å². The Morgan fingerprint density at radius 2 is 1.89 bits per heavy atom. The molecule has 1 atom stereocenters. The van der Waals surface area contributed by atoms with E-state index in [-0.39, 0.29) is 0 Å². The van der Waals surface area contributed by atoms with E-state index in [1.165, 1.54) is 70.6 Å². The van der Waals surface area contributed by atoms with Crippen LogP contribution in [0.5, 0.6) is 0 Å². The van der Waals surface area contributed by atoms with Gasteiger partial charge in [-0.3, -0.25) is 0 Å². The molecule has 19 heavy (non-hydrogen) atoms. The molecule has 0 nitrogen and oxygen atoms in total. The largest absolute Gasteiger partial charge is 0.0876 e. The Labute approximate surface area is 119 Å². The van der Waals surface area contributed by atoms with Crippen molar-refractivity contribution in [3.05, 3.63) is 24.3 Å². The maximum Gasteiger partial charge on any atom is 0.00690 e. The van der Waals surface area contributed by atoms with Crippen molar-refractivity contribution >= 4 is 0 Å². The lowest BCUT2D eigenvalue weighted by Crippen LogP contribution is -2.32. The Bertz CT molecular complexity index is 352. The van der Waals surface area contributed by atoms with Crippen molar-refractivity contribution in [1.29, 1.82) is 0 Å². The van der Waals surface area contributed by atoms with Gasteiger partial charge in [0.1, 0.15) is 0 Å². The van der Waals surface area contributed by atoms with Gasteiger partial charge in [-0.15, -0.1) is 0 Å². The molecule has 0 saturated heterocycles. The fourth-order valence-corrected chi connectivity index (χ4v) is 4.59. The highest BCUT2D eigenvalue weighted by Crippen LogP contribution is 2.52. The van der Waals surface area contributed by atoms with Crippen molar-refractivity contribution in [2.45, 2.75) is 77.6 Å². The molecule has 2 saturated carbocycles. The first-order valence-electron chi connectivity index (χ1n) is 8.55. The predicted octanol–water partition coefficient (Wildman–Crippen LogP) is 6.04. The molecule has 2 fully saturated rings. The summed E-state index contributed by atoms with van der Waals surface area (Å²) in [5.74, 6) is 0.998. The van der Waals surface area contributed by atoms with Crippen LogP contribution in [0.25, 0.3) is 0 Å². The van der Waals surface area contributed by atoms with Gasteiger partial charge >= 0.3 is 0 Å². The highest BCUT2D eigenvalue weighted by Gasteiger charge is 2.40. The summed E-state index contributed by atoms with van der Waals surface area (Å²) >= 11 is 0. The lowest BCUT2D eigenvalue weighted by molar-refractivity contribution is 0.106. The fourth-order valence-electron chi connectivity index (χ4n) is 4.59. The third-order valence-corrected chi connectivity index (χ3v) is 5.94. The summed E-state index contributed by atoms with van der Waals surface area (Å²) in [6.07, 6.45) is 25.8. The zero-order chi connectivity index (χ0) is 13.2. The molecule has 0 aromatic rings. The zero-order valence-corrected chi connectivity index (χ0v) is 12.7. The van der Waals surface area contributed by atoms with Crippen molar-refractivity contribution in [3.63, 3.8) is 0 Å². The summed E-state index contributed by atoms with van der Waals surface area (Å²) < 4.78 is 0. The van der Waals surface area contributed by atoms with Crippen LogP contribution in [-0.4, -0.2) is 0 Å². The van der Waals surface area contributed by atoms with E-state index >= 15 is 0 Å². The molecule has 0 N–H and O–H groups in total. The smallest absolute Gasteiger partial charge is 0.00690 e. The first kappa shape index (κ1) is 13.5. The predicted molar refractivity (Wildman–Crippen MR) is 83.1 cm³/mol. The highest BCUT2D eigenvalue weighted by molar-refractivity contribution is 5.18. The Hall–Kier alpha value is -0.520. The molecule has 0 aromatic carbocycles. The lowest BCUT2D eigenvalue weighted by Gasteiger charge is -2.44. The van der Waals surface area contributed by atoms with Gasteiger partial charge in [-0.2, -0.15) is 0 Å². The summed E-state index contributed by atoms with van der Waals surface area (Å²) in [7, 11) is 0. The minimum Gasteiger partial charge on any atom is -0.0876 e. The summed E-state index contributed by atoms with van der Waals surface area (Å²) in [4.78, 5) is 0. The van der Waals surface area contributed by atoms with Crippen molar-refractivity contribution in [1.82, 2.24) is 0 Å². The Morgan fingerprint density at radius 3 is 2.47 bits per heavy atom. The van der Waals surface area contributed by atoms with Gasteiger partial charge in [0.2, 0.25) is 0 Å². The fraction of sp³-hybridized carbons (Fsp3) is 0.789. The first-order chi connectivity index (χ1) is 9.20. The second-order valence-corrected chi connectivity index (χ2v) is 7.80. The van der Waals surface area contributed by atoms with Gasteiger partial charge in [0.15, 0.2) is 0 Å². The molecule has 0 radical (unpaired) electrons. The van der Waals surface area contributed by atoms with Crippen LogP contribution in [0, 0.1) is 16.7 Å². The molecule has 3 rings (SSSR count). The quantitative estimate of drug-likeness (QED) is 0.527. The van der Waals surface area contributed by atoms with Crippen molar-refractivity contribution in [3.8, 4) is 0 Å². The normalized spacial score (nSPS) is 34.2. The summed E-state index contributed by atoms with van der Waals surface area (Å²) in [5.41, 5.74) is 1.07. The maximum absolute atomic E-state index is 2.60. The van der Waals surface area contributed by atoms with E-state index in [0.29, 0.717) is 10.8 Å². The molecule has 0 aromatic heterocycles. The van der Waals surface area contributed by atoms with E-state index in [4.69, 9.17) is 0 Å². The summed E-state index contributed by atoms with van der Waals surface area (Å²) in [6, 6.07) is 0. The molecular formula is C19H30. The monoisotopic (exact) mass is 258 g/mol. The summed E-state index contributed by atoms with van der Waals surface area (Å²) in [6.45, 7) is 2.51. The minimum atomic E-state index is 0.424. The maximum atomic E-state index is 2.60.